The molecule has 0 spiro atoms. The summed E-state index contributed by atoms with van der Waals surface area (Å²) in [5.41, 5.74) is 0. The van der Waals surface area contributed by atoms with Gasteiger partial charge in [0.05, 0.1) is 12.3 Å². The molecule has 0 saturated heterocycles. The summed E-state index contributed by atoms with van der Waals surface area (Å²) in [5, 5.41) is 10.4. The van der Waals surface area contributed by atoms with Crippen LogP contribution < -0.4 is 5.32 Å². The lowest BCUT2D eigenvalue weighted by atomic mass is 10.4. The van der Waals surface area contributed by atoms with Crippen LogP contribution in [0.25, 0.3) is 0 Å². The van der Waals surface area contributed by atoms with Crippen molar-refractivity contribution in [2.75, 3.05) is 12.0 Å². The molecule has 3 nitrogen and oxygen atoms in total. The van der Waals surface area contributed by atoms with Crippen LogP contribution in [0.2, 0.25) is 0 Å². The largest absolute Gasteiger partial charge is 0.366 e. The fourth-order valence-electron chi connectivity index (χ4n) is 0.595. The molecule has 0 aromatic carbocycles. The maximum atomic E-state index is 3.75. The van der Waals surface area contributed by atoms with Crippen LogP contribution in [0.1, 0.15) is 0 Å². The molecule has 1 aliphatic heterocycles. The van der Waals surface area contributed by atoms with Crippen LogP contribution >= 0.6 is 11.8 Å². The first-order valence-corrected chi connectivity index (χ1v) is 4.13. The van der Waals surface area contributed by atoms with Crippen LogP contribution in [0.5, 0.6) is 0 Å². The molecule has 4 heteroatoms. The number of nitrogens with zero attached hydrogens (tertiary/aromatic N) is 2. The molecule has 0 aliphatic carbocycles. The van der Waals surface area contributed by atoms with Crippen molar-refractivity contribution in [3.05, 3.63) is 0 Å². The molecule has 0 aromatic heterocycles. The fraction of sp³-hybridized carbons (Fsp3) is 0.600. The van der Waals surface area contributed by atoms with Crippen LogP contribution in [0.15, 0.2) is 10.2 Å². The zero-order chi connectivity index (χ0) is 6.53. The van der Waals surface area contributed by atoms with Gasteiger partial charge in [0.1, 0.15) is 6.34 Å². The highest BCUT2D eigenvalue weighted by molar-refractivity contribution is 7.98. The molecule has 1 unspecified atom stereocenters. The maximum absolute atomic E-state index is 3.75. The van der Waals surface area contributed by atoms with Crippen molar-refractivity contribution < 1.29 is 0 Å². The van der Waals surface area contributed by atoms with E-state index in [0.29, 0.717) is 6.04 Å². The second-order valence-corrected chi connectivity index (χ2v) is 2.65. The van der Waals surface area contributed by atoms with Crippen LogP contribution in [-0.2, 0) is 0 Å². The van der Waals surface area contributed by atoms with Gasteiger partial charge in [-0.2, -0.15) is 16.9 Å². The summed E-state index contributed by atoms with van der Waals surface area (Å²) in [7, 11) is 0. The van der Waals surface area contributed by atoms with E-state index in [0.717, 1.165) is 5.75 Å². The Hall–Kier alpha value is -0.510. The van der Waals surface area contributed by atoms with Gasteiger partial charge in [0.15, 0.2) is 0 Å². The number of rotatable bonds is 2. The van der Waals surface area contributed by atoms with Gasteiger partial charge in [-0.25, -0.2) is 0 Å². The monoisotopic (exact) mass is 143 g/mol. The van der Waals surface area contributed by atoms with E-state index >= 15 is 0 Å². The lowest BCUT2D eigenvalue weighted by Gasteiger charge is -2.10. The first-order chi connectivity index (χ1) is 4.43. The molecule has 0 bridgehead atoms. The van der Waals surface area contributed by atoms with E-state index in [1.807, 2.05) is 6.21 Å². The number of hydrogen-bond acceptors (Lipinski definition) is 4. The first-order valence-electron chi connectivity index (χ1n) is 2.73. The lowest BCUT2D eigenvalue weighted by molar-refractivity contribution is 0.859. The Bertz CT molecular complexity index is 132. The average Bonchev–Trinajstić information content (AvgIpc) is 1.91. The van der Waals surface area contributed by atoms with Gasteiger partial charge in [-0.3, -0.25) is 0 Å². The van der Waals surface area contributed by atoms with Crippen LogP contribution in [-0.4, -0.2) is 30.6 Å². The van der Waals surface area contributed by atoms with Gasteiger partial charge in [-0.1, -0.05) is 0 Å². The van der Waals surface area contributed by atoms with E-state index in [9.17, 15) is 0 Å². The first kappa shape index (κ1) is 6.61. The summed E-state index contributed by atoms with van der Waals surface area (Å²) in [6, 6.07) is 0.373. The highest BCUT2D eigenvalue weighted by atomic mass is 32.2. The molecule has 0 fully saturated rings. The average molecular weight is 143 g/mol. The Morgan fingerprint density at radius 2 is 2.56 bits per heavy atom. The Kier molecular flexibility index (Phi) is 2.57. The highest BCUT2D eigenvalue weighted by Gasteiger charge is 2.02. The van der Waals surface area contributed by atoms with Gasteiger partial charge in [-0.05, 0) is 6.26 Å². The zero-order valence-electron chi connectivity index (χ0n) is 5.24. The predicted octanol–water partition coefficient (Wildman–Crippen LogP) is 0.335. The van der Waals surface area contributed by atoms with Crippen molar-refractivity contribution in [1.82, 2.24) is 5.32 Å². The lowest BCUT2D eigenvalue weighted by Crippen LogP contribution is -2.33. The molecule has 0 saturated carbocycles. The molecule has 0 amide bonds. The molecular formula is C5H9N3S. The van der Waals surface area contributed by atoms with E-state index in [1.165, 1.54) is 0 Å². The number of thioether (sulfide) groups is 1. The molecule has 50 valence electrons. The Morgan fingerprint density at radius 1 is 1.67 bits per heavy atom. The summed E-state index contributed by atoms with van der Waals surface area (Å²) in [6.07, 6.45) is 5.51. The molecule has 0 aromatic rings. The molecule has 1 rings (SSSR count). The molecule has 1 aliphatic rings. The number of nitrogens with one attached hydrogen (secondary N) is 1. The minimum absolute atomic E-state index is 0.373. The van der Waals surface area contributed by atoms with Gasteiger partial charge in [0, 0.05) is 5.75 Å². The van der Waals surface area contributed by atoms with E-state index < -0.39 is 0 Å². The molecule has 1 heterocycles. The molecular weight excluding hydrogens is 134 g/mol. The second-order valence-electron chi connectivity index (χ2n) is 1.74. The summed E-state index contributed by atoms with van der Waals surface area (Å²) < 4.78 is 0. The van der Waals surface area contributed by atoms with Gasteiger partial charge in [0.2, 0.25) is 0 Å². The van der Waals surface area contributed by atoms with E-state index in [-0.39, 0.29) is 0 Å². The minimum atomic E-state index is 0.373. The Labute approximate surface area is 58.6 Å². The van der Waals surface area contributed by atoms with Crippen LogP contribution in [0, 0.1) is 0 Å². The van der Waals surface area contributed by atoms with Gasteiger partial charge >= 0.3 is 0 Å². The Morgan fingerprint density at radius 3 is 3.11 bits per heavy atom. The predicted molar refractivity (Wildman–Crippen MR) is 42.3 cm³/mol. The third kappa shape index (κ3) is 2.05. The van der Waals surface area contributed by atoms with Crippen molar-refractivity contribution in [2.45, 2.75) is 6.04 Å². The summed E-state index contributed by atoms with van der Waals surface area (Å²) in [6.45, 7) is 0. The zero-order valence-corrected chi connectivity index (χ0v) is 6.06. The summed E-state index contributed by atoms with van der Waals surface area (Å²) >= 11 is 1.79. The molecule has 9 heavy (non-hydrogen) atoms. The standard InChI is InChI=1S/C5H9N3S/c1-9-3-5-2-7-8-4-6-5/h2,4-5H,3H2,1H3,(H,6,8). The number of hydrogen-bond donors (Lipinski definition) is 1. The highest BCUT2D eigenvalue weighted by Crippen LogP contribution is 1.95. The van der Waals surface area contributed by atoms with Crippen molar-refractivity contribution in [2.24, 2.45) is 10.2 Å². The normalized spacial score (nSPS) is 23.9. The smallest absolute Gasteiger partial charge is 0.111 e. The van der Waals surface area contributed by atoms with E-state index in [2.05, 4.69) is 21.8 Å². The second kappa shape index (κ2) is 3.50. The quantitative estimate of drug-likeness (QED) is 0.605. The third-order valence-corrected chi connectivity index (χ3v) is 1.70. The van der Waals surface area contributed by atoms with Gasteiger partial charge in [0.25, 0.3) is 0 Å². The van der Waals surface area contributed by atoms with Crippen LogP contribution in [0.4, 0.5) is 0 Å². The fourth-order valence-corrected chi connectivity index (χ4v) is 1.14. The minimum Gasteiger partial charge on any atom is -0.366 e. The molecule has 1 atom stereocenters. The van der Waals surface area contributed by atoms with E-state index in [4.69, 9.17) is 0 Å². The van der Waals surface area contributed by atoms with Gasteiger partial charge in [-0.15, -0.1) is 5.10 Å². The van der Waals surface area contributed by atoms with Crippen molar-refractivity contribution in [3.8, 4) is 0 Å². The van der Waals surface area contributed by atoms with Gasteiger partial charge < -0.3 is 5.32 Å². The maximum Gasteiger partial charge on any atom is 0.111 e. The summed E-state index contributed by atoms with van der Waals surface area (Å²) in [4.78, 5) is 0. The molecule has 1 N–H and O–H groups in total. The van der Waals surface area contributed by atoms with E-state index in [1.54, 1.807) is 18.1 Å². The summed E-state index contributed by atoms with van der Waals surface area (Å²) in [5.74, 6) is 1.05. The topological polar surface area (TPSA) is 36.8 Å². The van der Waals surface area contributed by atoms with Crippen molar-refractivity contribution >= 4 is 24.3 Å². The SMILES string of the molecule is CSCC1C=NN=CN1. The molecule has 0 radical (unpaired) electrons. The Balaban J connectivity index is 2.28. The van der Waals surface area contributed by atoms with Crippen molar-refractivity contribution in [1.29, 1.82) is 0 Å². The van der Waals surface area contributed by atoms with Crippen molar-refractivity contribution in [3.63, 3.8) is 0 Å². The van der Waals surface area contributed by atoms with Crippen LogP contribution in [0.3, 0.4) is 0 Å². The third-order valence-electron chi connectivity index (χ3n) is 1.01.